The van der Waals surface area contributed by atoms with Crippen LogP contribution in [0.15, 0.2) is 18.2 Å². The number of carboxylic acids is 1. The lowest BCUT2D eigenvalue weighted by atomic mass is 9.78. The van der Waals surface area contributed by atoms with Crippen molar-refractivity contribution in [1.82, 2.24) is 4.90 Å². The highest BCUT2D eigenvalue weighted by Crippen LogP contribution is 2.32. The summed E-state index contributed by atoms with van der Waals surface area (Å²) in [6, 6.07) is 4.53. The predicted molar refractivity (Wildman–Crippen MR) is 109 cm³/mol. The van der Waals surface area contributed by atoms with Crippen LogP contribution in [0.2, 0.25) is 0 Å². The molecule has 0 aliphatic heterocycles. The van der Waals surface area contributed by atoms with Crippen LogP contribution in [0.5, 0.6) is 5.75 Å². The molecule has 3 rings (SSSR count). The van der Waals surface area contributed by atoms with Crippen LogP contribution in [0.3, 0.4) is 0 Å². The van der Waals surface area contributed by atoms with Crippen LogP contribution in [0.4, 0.5) is 0 Å². The number of ether oxygens (including phenoxy) is 1. The van der Waals surface area contributed by atoms with E-state index < -0.39 is 12.0 Å². The molecule has 0 bridgehead atoms. The molecule has 2 aliphatic rings. The van der Waals surface area contributed by atoms with Crippen molar-refractivity contribution in [3.05, 3.63) is 29.3 Å². The number of likely N-dealkylation sites (N-methyl/N-ethyl adjacent to an activating group) is 1. The molecule has 160 valence electrons. The standard InChI is InChI=1S/C22H32N2O5/c1-24(18-3-2-4-18)21(26)20(23)16-7-5-14(6-8-16)13-29-19-10-15(12-25)9-17(11-19)22(27)28/h9-11,14,16,18,20,25H,2-8,12-13,23H2,1H3,(H,27,28)/t14?,16?,20-/m0/s1. The van der Waals surface area contributed by atoms with Gasteiger partial charge in [0.25, 0.3) is 0 Å². The topological polar surface area (TPSA) is 113 Å². The van der Waals surface area contributed by atoms with Gasteiger partial charge in [0.05, 0.1) is 24.8 Å². The van der Waals surface area contributed by atoms with Gasteiger partial charge in [-0.15, -0.1) is 0 Å². The van der Waals surface area contributed by atoms with E-state index in [0.717, 1.165) is 38.5 Å². The van der Waals surface area contributed by atoms with Crippen LogP contribution in [0.25, 0.3) is 0 Å². The second-order valence-electron chi connectivity index (χ2n) is 8.48. The summed E-state index contributed by atoms with van der Waals surface area (Å²) < 4.78 is 5.83. The van der Waals surface area contributed by atoms with E-state index in [0.29, 0.717) is 29.9 Å². The molecule has 0 radical (unpaired) electrons. The maximum absolute atomic E-state index is 12.6. The number of rotatable bonds is 8. The number of carbonyl (C=O) groups excluding carboxylic acids is 1. The number of amides is 1. The number of hydrogen-bond acceptors (Lipinski definition) is 5. The monoisotopic (exact) mass is 404 g/mol. The van der Waals surface area contributed by atoms with E-state index in [1.54, 1.807) is 6.07 Å². The Morgan fingerprint density at radius 2 is 1.86 bits per heavy atom. The second kappa shape index (κ2) is 9.59. The Balaban J connectivity index is 1.48. The van der Waals surface area contributed by atoms with E-state index in [1.165, 1.54) is 18.6 Å². The third kappa shape index (κ3) is 5.28. The summed E-state index contributed by atoms with van der Waals surface area (Å²) in [4.78, 5) is 25.7. The molecule has 0 unspecified atom stereocenters. The van der Waals surface area contributed by atoms with Crippen molar-refractivity contribution in [1.29, 1.82) is 0 Å². The maximum atomic E-state index is 12.6. The number of aliphatic hydroxyl groups is 1. The first-order valence-electron chi connectivity index (χ1n) is 10.5. The Labute approximate surface area is 171 Å². The number of carbonyl (C=O) groups is 2. The third-order valence-corrected chi connectivity index (χ3v) is 6.54. The highest BCUT2D eigenvalue weighted by molar-refractivity contribution is 5.88. The van der Waals surface area contributed by atoms with Gasteiger partial charge in [-0.3, -0.25) is 4.79 Å². The molecule has 4 N–H and O–H groups in total. The van der Waals surface area contributed by atoms with Crippen molar-refractivity contribution in [2.45, 2.75) is 63.6 Å². The molecule has 0 heterocycles. The Morgan fingerprint density at radius 3 is 2.41 bits per heavy atom. The molecule has 7 heteroatoms. The lowest BCUT2D eigenvalue weighted by Gasteiger charge is -2.38. The molecule has 2 fully saturated rings. The number of carboxylic acid groups (broad SMARTS) is 1. The Kier molecular flexibility index (Phi) is 7.14. The average Bonchev–Trinajstić information content (AvgIpc) is 2.69. The lowest BCUT2D eigenvalue weighted by Crippen LogP contribution is -2.52. The van der Waals surface area contributed by atoms with Crippen LogP contribution >= 0.6 is 0 Å². The number of nitrogens with two attached hydrogens (primary N) is 1. The van der Waals surface area contributed by atoms with Gasteiger partial charge in [0.15, 0.2) is 0 Å². The minimum atomic E-state index is -1.05. The van der Waals surface area contributed by atoms with E-state index >= 15 is 0 Å². The van der Waals surface area contributed by atoms with Gasteiger partial charge in [0.2, 0.25) is 5.91 Å². The zero-order valence-electron chi connectivity index (χ0n) is 17.0. The highest BCUT2D eigenvalue weighted by Gasteiger charge is 2.34. The van der Waals surface area contributed by atoms with Crippen LogP contribution in [-0.4, -0.2) is 52.7 Å². The quantitative estimate of drug-likeness (QED) is 0.613. The fourth-order valence-electron chi connectivity index (χ4n) is 4.28. The molecule has 2 aliphatic carbocycles. The van der Waals surface area contributed by atoms with Crippen LogP contribution < -0.4 is 10.5 Å². The lowest BCUT2D eigenvalue weighted by molar-refractivity contribution is -0.136. The molecule has 1 aromatic carbocycles. The van der Waals surface area contributed by atoms with Gasteiger partial charge in [0, 0.05) is 13.1 Å². The van der Waals surface area contributed by atoms with E-state index in [2.05, 4.69) is 0 Å². The fraction of sp³-hybridized carbons (Fsp3) is 0.636. The van der Waals surface area contributed by atoms with Crippen molar-refractivity contribution in [3.8, 4) is 5.75 Å². The Hall–Kier alpha value is -2.12. The van der Waals surface area contributed by atoms with Gasteiger partial charge in [0.1, 0.15) is 5.75 Å². The Bertz CT molecular complexity index is 726. The predicted octanol–water partition coefficient (Wildman–Crippen LogP) is 2.40. The van der Waals surface area contributed by atoms with Crippen molar-refractivity contribution in [2.24, 2.45) is 17.6 Å². The smallest absolute Gasteiger partial charge is 0.335 e. The molecule has 0 aromatic heterocycles. The number of benzene rings is 1. The molecule has 0 saturated heterocycles. The maximum Gasteiger partial charge on any atom is 0.335 e. The van der Waals surface area contributed by atoms with E-state index in [-0.39, 0.29) is 24.0 Å². The molecule has 7 nitrogen and oxygen atoms in total. The third-order valence-electron chi connectivity index (χ3n) is 6.54. The van der Waals surface area contributed by atoms with E-state index in [9.17, 15) is 19.8 Å². The van der Waals surface area contributed by atoms with Gasteiger partial charge >= 0.3 is 5.97 Å². The van der Waals surface area contributed by atoms with Gasteiger partial charge in [-0.1, -0.05) is 0 Å². The van der Waals surface area contributed by atoms with Gasteiger partial charge < -0.3 is 25.6 Å². The van der Waals surface area contributed by atoms with Crippen molar-refractivity contribution in [3.63, 3.8) is 0 Å². The number of nitrogens with zero attached hydrogens (tertiary/aromatic N) is 1. The first-order valence-corrected chi connectivity index (χ1v) is 10.5. The van der Waals surface area contributed by atoms with Crippen molar-refractivity contribution >= 4 is 11.9 Å². The molecular weight excluding hydrogens is 372 g/mol. The molecule has 1 atom stereocenters. The average molecular weight is 405 g/mol. The minimum absolute atomic E-state index is 0.0661. The number of hydrogen-bond donors (Lipinski definition) is 3. The summed E-state index contributed by atoms with van der Waals surface area (Å²) in [6.07, 6.45) is 7.03. The first kappa shape index (κ1) is 21.6. The largest absolute Gasteiger partial charge is 0.493 e. The van der Waals surface area contributed by atoms with Crippen LogP contribution in [0.1, 0.15) is 60.9 Å². The Morgan fingerprint density at radius 1 is 1.17 bits per heavy atom. The first-order chi connectivity index (χ1) is 13.9. The van der Waals surface area contributed by atoms with Gasteiger partial charge in [-0.05, 0) is 80.5 Å². The zero-order chi connectivity index (χ0) is 21.0. The molecule has 29 heavy (non-hydrogen) atoms. The summed E-state index contributed by atoms with van der Waals surface area (Å²) in [5, 5.41) is 18.5. The number of aliphatic hydroxyl groups excluding tert-OH is 1. The molecule has 1 aromatic rings. The normalized spacial score (nSPS) is 23.1. The van der Waals surface area contributed by atoms with Crippen LogP contribution in [0, 0.1) is 11.8 Å². The van der Waals surface area contributed by atoms with Crippen molar-refractivity contribution in [2.75, 3.05) is 13.7 Å². The summed E-state index contributed by atoms with van der Waals surface area (Å²) >= 11 is 0. The highest BCUT2D eigenvalue weighted by atomic mass is 16.5. The van der Waals surface area contributed by atoms with Crippen molar-refractivity contribution < 1.29 is 24.5 Å². The summed E-state index contributed by atoms with van der Waals surface area (Å²) in [5.41, 5.74) is 6.92. The second-order valence-corrected chi connectivity index (χ2v) is 8.48. The molecule has 0 spiro atoms. The van der Waals surface area contributed by atoms with Gasteiger partial charge in [-0.2, -0.15) is 0 Å². The van der Waals surface area contributed by atoms with Crippen LogP contribution in [-0.2, 0) is 11.4 Å². The van der Waals surface area contributed by atoms with E-state index in [1.807, 2.05) is 11.9 Å². The number of aromatic carboxylic acids is 1. The zero-order valence-corrected chi connectivity index (χ0v) is 17.0. The van der Waals surface area contributed by atoms with Gasteiger partial charge in [-0.25, -0.2) is 4.79 Å². The SMILES string of the molecule is CN(C(=O)[C@@H](N)C1CCC(COc2cc(CO)cc(C(=O)O)c2)CC1)C1CCC1. The summed E-state index contributed by atoms with van der Waals surface area (Å²) in [7, 11) is 1.87. The molecular formula is C22H32N2O5. The minimum Gasteiger partial charge on any atom is -0.493 e. The summed E-state index contributed by atoms with van der Waals surface area (Å²) in [6.45, 7) is 0.260. The molecule has 2 saturated carbocycles. The van der Waals surface area contributed by atoms with E-state index in [4.69, 9.17) is 10.5 Å². The molecule has 1 amide bonds. The summed E-state index contributed by atoms with van der Waals surface area (Å²) in [5.74, 6) is 0.0410. The fourth-order valence-corrected chi connectivity index (χ4v) is 4.28.